The van der Waals surface area contributed by atoms with Gasteiger partial charge in [-0.05, 0) is 0 Å². The molecule has 4 rings (SSSR count). The zero-order valence-corrected chi connectivity index (χ0v) is 23.8. The van der Waals surface area contributed by atoms with Crippen LogP contribution in [0.2, 0.25) is 0 Å². The first kappa shape index (κ1) is 30.9. The van der Waals surface area contributed by atoms with E-state index >= 15 is 0 Å². The normalized spacial score (nSPS) is 31.8. The quantitative estimate of drug-likeness (QED) is 0.194. The molecule has 0 aliphatic carbocycles. The highest BCUT2D eigenvalue weighted by Gasteiger charge is 2.49. The first-order chi connectivity index (χ1) is 18.9. The fourth-order valence-corrected chi connectivity index (χ4v) is 7.81. The molecule has 0 spiro atoms. The highest BCUT2D eigenvalue weighted by atomic mass is 31.2. The number of fused-ring (bicyclic) bond motifs is 1. The number of nitrogens with zero attached hydrogens (tertiary/aromatic N) is 4. The molecule has 40 heavy (non-hydrogen) atoms. The molecule has 0 radical (unpaired) electrons. The molecule has 18 nitrogen and oxygen atoms in total. The van der Waals surface area contributed by atoms with Gasteiger partial charge in [0, 0.05) is 28.4 Å². The van der Waals surface area contributed by atoms with Crippen LogP contribution in [-0.2, 0) is 51.4 Å². The van der Waals surface area contributed by atoms with Crippen LogP contribution in [0.1, 0.15) is 6.23 Å². The van der Waals surface area contributed by atoms with Gasteiger partial charge in [-0.15, -0.1) is 0 Å². The van der Waals surface area contributed by atoms with E-state index in [2.05, 4.69) is 15.0 Å². The van der Waals surface area contributed by atoms with Crippen molar-refractivity contribution in [3.63, 3.8) is 0 Å². The first-order valence-corrected chi connectivity index (χ1v) is 15.3. The summed E-state index contributed by atoms with van der Waals surface area (Å²) >= 11 is 0. The second-order valence-corrected chi connectivity index (χ2v) is 13.1. The summed E-state index contributed by atoms with van der Waals surface area (Å²) in [7, 11) is -4.00. The first-order valence-electron chi connectivity index (χ1n) is 11.8. The molecule has 4 unspecified atom stereocenters. The Morgan fingerprint density at radius 3 is 2.15 bits per heavy atom. The Morgan fingerprint density at radius 2 is 1.55 bits per heavy atom. The number of nitrogens with two attached hydrogens (primary N) is 1. The second kappa shape index (κ2) is 12.4. The highest BCUT2D eigenvalue weighted by Crippen LogP contribution is 2.58. The van der Waals surface area contributed by atoms with E-state index in [4.69, 9.17) is 43.2 Å². The van der Waals surface area contributed by atoms with E-state index in [0.29, 0.717) is 11.2 Å². The molecule has 4 heterocycles. The van der Waals surface area contributed by atoms with Gasteiger partial charge in [0.25, 0.3) is 0 Å². The molecule has 2 aromatic rings. The predicted octanol–water partition coefficient (Wildman–Crippen LogP) is -0.347. The van der Waals surface area contributed by atoms with Crippen molar-refractivity contribution in [3.8, 4) is 0 Å². The molecule has 2 fully saturated rings. The number of carbonyl (C=O) groups excluding carboxylic acids is 1. The van der Waals surface area contributed by atoms with E-state index in [-0.39, 0.29) is 5.82 Å². The van der Waals surface area contributed by atoms with Crippen LogP contribution >= 0.6 is 15.2 Å². The Hall–Kier alpha value is -2.08. The van der Waals surface area contributed by atoms with Crippen molar-refractivity contribution in [1.82, 2.24) is 19.5 Å². The Labute approximate surface area is 228 Å². The molecule has 224 valence electrons. The maximum atomic E-state index is 12.7. The number of anilines is 1. The van der Waals surface area contributed by atoms with Gasteiger partial charge in [0.1, 0.15) is 36.3 Å². The van der Waals surface area contributed by atoms with Gasteiger partial charge in [-0.1, -0.05) is 0 Å². The second-order valence-electron chi connectivity index (χ2n) is 8.89. The van der Waals surface area contributed by atoms with E-state index in [9.17, 15) is 23.7 Å². The molecule has 0 bridgehead atoms. The van der Waals surface area contributed by atoms with Crippen molar-refractivity contribution >= 4 is 38.1 Å². The molecule has 2 aliphatic heterocycles. The van der Waals surface area contributed by atoms with Gasteiger partial charge in [0.15, 0.2) is 35.8 Å². The number of cyclic esters (lactones) is 1. The van der Waals surface area contributed by atoms with Crippen LogP contribution in [0, 0.1) is 0 Å². The lowest BCUT2D eigenvalue weighted by Gasteiger charge is -2.23. The molecular weight excluding hydrogens is 580 g/mol. The molecule has 2 aliphatic rings. The lowest BCUT2D eigenvalue weighted by atomic mass is 10.1. The number of rotatable bonds is 13. The van der Waals surface area contributed by atoms with Crippen LogP contribution in [-0.4, -0.2) is 119 Å². The number of nitrogen functional groups attached to an aromatic ring is 1. The molecule has 0 saturated carbocycles. The molecule has 2 saturated heterocycles. The predicted molar refractivity (Wildman–Crippen MR) is 133 cm³/mol. The number of imidazole rings is 1. The number of ether oxygens (including phenoxy) is 6. The van der Waals surface area contributed by atoms with Crippen molar-refractivity contribution in [1.29, 1.82) is 0 Å². The third kappa shape index (κ3) is 6.37. The SMILES string of the molecule is COC1C(=O)O[C@H](COP(=O)(O)CP(=O)(O)OC[C@H]2O[C@@H](n3cnc4c(N)ncnc43)[C@@H](OC)C2OC)[C@@H]1OC. The summed E-state index contributed by atoms with van der Waals surface area (Å²) in [5, 5.41) is 0. The van der Waals surface area contributed by atoms with Gasteiger partial charge in [-0.3, -0.25) is 13.7 Å². The van der Waals surface area contributed by atoms with Crippen molar-refractivity contribution in [2.75, 3.05) is 53.3 Å². The summed E-state index contributed by atoms with van der Waals surface area (Å²) in [5.41, 5.74) is 6.57. The summed E-state index contributed by atoms with van der Waals surface area (Å²) in [6, 6.07) is 0. The fraction of sp³-hybridized carbons (Fsp3) is 0.700. The van der Waals surface area contributed by atoms with Crippen molar-refractivity contribution in [2.24, 2.45) is 0 Å². The molecule has 2 aromatic heterocycles. The van der Waals surface area contributed by atoms with Crippen LogP contribution in [0.5, 0.6) is 0 Å². The Balaban J connectivity index is 1.39. The average Bonchev–Trinajstić information content (AvgIpc) is 3.58. The molecule has 4 N–H and O–H groups in total. The van der Waals surface area contributed by atoms with Crippen LogP contribution in [0.4, 0.5) is 5.82 Å². The average molecular weight is 611 g/mol. The Bertz CT molecular complexity index is 1300. The Morgan fingerprint density at radius 1 is 0.925 bits per heavy atom. The minimum Gasteiger partial charge on any atom is -0.455 e. The van der Waals surface area contributed by atoms with Crippen LogP contribution < -0.4 is 5.73 Å². The van der Waals surface area contributed by atoms with E-state index < -0.39 is 83.1 Å². The molecule has 9 atom stereocenters. The van der Waals surface area contributed by atoms with Gasteiger partial charge in [-0.2, -0.15) is 0 Å². The third-order valence-electron chi connectivity index (χ3n) is 6.42. The maximum Gasteiger partial charge on any atom is 0.340 e. The summed E-state index contributed by atoms with van der Waals surface area (Å²) < 4.78 is 69.3. The molecule has 20 heteroatoms. The fourth-order valence-electron chi connectivity index (χ4n) is 4.59. The largest absolute Gasteiger partial charge is 0.455 e. The van der Waals surface area contributed by atoms with Gasteiger partial charge < -0.3 is 53.0 Å². The Kier molecular flexibility index (Phi) is 9.59. The highest BCUT2D eigenvalue weighted by molar-refractivity contribution is 7.70. The van der Waals surface area contributed by atoms with E-state index in [1.807, 2.05) is 0 Å². The molecule has 0 aromatic carbocycles. The minimum absolute atomic E-state index is 0.165. The van der Waals surface area contributed by atoms with Crippen LogP contribution in [0.25, 0.3) is 11.2 Å². The zero-order chi connectivity index (χ0) is 29.2. The number of aromatic nitrogens is 4. The summed E-state index contributed by atoms with van der Waals surface area (Å²) in [5.74, 6) is -1.81. The maximum absolute atomic E-state index is 12.7. The number of carbonyl (C=O) groups is 1. The standard InChI is InChI=1S/C20H31N5O13P2/c1-31-13-10(37-19(15(13)33-3)25-8-24-12-17(21)22-7-23-18(12)25)5-35-39(27,28)9-40(29,30)36-6-11-14(32-2)16(34-4)20(26)38-11/h7-8,10-11,13-16,19H,5-6,9H2,1-4H3,(H,27,28)(H,29,30)(H2,21,22,23)/t10-,11-,13?,14+,15+,16?,19-/m1/s1. The third-order valence-corrected chi connectivity index (χ3v) is 10.4. The van der Waals surface area contributed by atoms with Crippen molar-refractivity contribution in [2.45, 2.75) is 42.9 Å². The van der Waals surface area contributed by atoms with Crippen LogP contribution in [0.15, 0.2) is 12.7 Å². The summed E-state index contributed by atoms with van der Waals surface area (Å²) in [6.45, 7) is -1.09. The lowest BCUT2D eigenvalue weighted by molar-refractivity contribution is -0.149. The molecule has 0 amide bonds. The van der Waals surface area contributed by atoms with E-state index in [1.54, 1.807) is 4.57 Å². The van der Waals surface area contributed by atoms with Crippen molar-refractivity contribution < 1.29 is 61.2 Å². The summed E-state index contributed by atoms with van der Waals surface area (Å²) in [6.07, 6.45) is -3.61. The van der Waals surface area contributed by atoms with Crippen LogP contribution in [0.3, 0.4) is 0 Å². The van der Waals surface area contributed by atoms with Gasteiger partial charge in [0.2, 0.25) is 0 Å². The number of hydrogen-bond donors (Lipinski definition) is 3. The van der Waals surface area contributed by atoms with E-state index in [1.165, 1.54) is 41.1 Å². The minimum atomic E-state index is -4.71. The number of esters is 1. The van der Waals surface area contributed by atoms with Crippen molar-refractivity contribution in [3.05, 3.63) is 12.7 Å². The molecular formula is C20H31N5O13P2. The van der Waals surface area contributed by atoms with Gasteiger partial charge in [0.05, 0.1) is 19.5 Å². The monoisotopic (exact) mass is 611 g/mol. The topological polar surface area (TPSA) is 235 Å². The lowest BCUT2D eigenvalue weighted by Crippen LogP contribution is -2.37. The zero-order valence-electron chi connectivity index (χ0n) is 22.0. The summed E-state index contributed by atoms with van der Waals surface area (Å²) in [4.78, 5) is 44.7. The van der Waals surface area contributed by atoms with E-state index in [0.717, 1.165) is 0 Å². The smallest absolute Gasteiger partial charge is 0.340 e. The van der Waals surface area contributed by atoms with Gasteiger partial charge >= 0.3 is 21.2 Å². The number of methoxy groups -OCH3 is 4. The number of hydrogen-bond acceptors (Lipinski definition) is 15. The van der Waals surface area contributed by atoms with Gasteiger partial charge in [-0.25, -0.2) is 19.7 Å².